The van der Waals surface area contributed by atoms with Gasteiger partial charge in [-0.25, -0.2) is 0 Å². The monoisotopic (exact) mass is 287 g/mol. The molecule has 0 atom stereocenters. The molecule has 0 heterocycles. The summed E-state index contributed by atoms with van der Waals surface area (Å²) in [5.74, 6) is 1.35. The Morgan fingerprint density at radius 2 is 1.95 bits per heavy atom. The number of para-hydroxylation sites is 1. The second-order valence-corrected chi connectivity index (χ2v) is 4.93. The molecular formula is C16H17NO2S. The molecule has 2 aromatic carbocycles. The van der Waals surface area contributed by atoms with Gasteiger partial charge in [-0.15, -0.1) is 12.6 Å². The smallest absolute Gasteiger partial charge is 0.216 e. The highest BCUT2D eigenvalue weighted by Crippen LogP contribution is 2.33. The number of carbonyl (C=O) groups is 1. The molecule has 0 radical (unpaired) electrons. The predicted molar refractivity (Wildman–Crippen MR) is 84.7 cm³/mol. The lowest BCUT2D eigenvalue weighted by Gasteiger charge is -2.14. The van der Waals surface area contributed by atoms with Crippen molar-refractivity contribution in [2.75, 3.05) is 5.73 Å². The third-order valence-corrected chi connectivity index (χ3v) is 3.18. The van der Waals surface area contributed by atoms with Crippen LogP contribution in [-0.2, 0) is 6.42 Å². The first-order chi connectivity index (χ1) is 9.61. The number of nitrogen functional groups attached to an aromatic ring is 1. The minimum Gasteiger partial charge on any atom is -0.455 e. The standard InChI is InChI=1S/C16H17NO2S/c1-2-6-11-9-12(16(18)20)10-14(17)15(11)19-13-7-4-3-5-8-13/h3-5,7-10H,2,6,17H2,1H3,(H,18,20). The van der Waals surface area contributed by atoms with Crippen molar-refractivity contribution in [1.29, 1.82) is 0 Å². The molecule has 2 aromatic rings. The maximum absolute atomic E-state index is 11.4. The molecule has 20 heavy (non-hydrogen) atoms. The number of nitrogens with two attached hydrogens (primary N) is 1. The Balaban J connectivity index is 2.43. The SMILES string of the molecule is CCCc1cc(C(=O)S)cc(N)c1Oc1ccccc1. The molecule has 0 saturated heterocycles. The van der Waals surface area contributed by atoms with Crippen LogP contribution in [0.2, 0.25) is 0 Å². The summed E-state index contributed by atoms with van der Waals surface area (Å²) in [5.41, 5.74) is 7.90. The van der Waals surface area contributed by atoms with E-state index in [1.165, 1.54) is 0 Å². The molecule has 2 rings (SSSR count). The van der Waals surface area contributed by atoms with Gasteiger partial charge in [-0.2, -0.15) is 0 Å². The van der Waals surface area contributed by atoms with Crippen LogP contribution in [0.1, 0.15) is 29.3 Å². The first kappa shape index (κ1) is 14.5. The van der Waals surface area contributed by atoms with E-state index in [-0.39, 0.29) is 5.12 Å². The number of anilines is 1. The Bertz CT molecular complexity index is 611. The summed E-state index contributed by atoms with van der Waals surface area (Å²) in [6, 6.07) is 12.9. The number of benzene rings is 2. The number of rotatable bonds is 5. The summed E-state index contributed by atoms with van der Waals surface area (Å²) in [4.78, 5) is 11.4. The van der Waals surface area contributed by atoms with Crippen molar-refractivity contribution in [1.82, 2.24) is 0 Å². The largest absolute Gasteiger partial charge is 0.455 e. The number of aryl methyl sites for hydroxylation is 1. The predicted octanol–water partition coefficient (Wildman–Crippen LogP) is 4.08. The van der Waals surface area contributed by atoms with Crippen molar-refractivity contribution < 1.29 is 9.53 Å². The molecule has 0 aliphatic rings. The average molecular weight is 287 g/mol. The van der Waals surface area contributed by atoms with Crippen LogP contribution in [0, 0.1) is 0 Å². The van der Waals surface area contributed by atoms with Crippen LogP contribution >= 0.6 is 12.6 Å². The van der Waals surface area contributed by atoms with Gasteiger partial charge in [0.05, 0.1) is 5.69 Å². The molecule has 0 aromatic heterocycles. The van der Waals surface area contributed by atoms with Gasteiger partial charge in [0.1, 0.15) is 5.75 Å². The summed E-state index contributed by atoms with van der Waals surface area (Å²) in [6.07, 6.45) is 1.73. The molecule has 2 N–H and O–H groups in total. The third kappa shape index (κ3) is 3.33. The van der Waals surface area contributed by atoms with E-state index < -0.39 is 0 Å². The zero-order valence-corrected chi connectivity index (χ0v) is 12.2. The van der Waals surface area contributed by atoms with E-state index in [2.05, 4.69) is 19.6 Å². The van der Waals surface area contributed by atoms with Crippen LogP contribution in [0.25, 0.3) is 0 Å². The van der Waals surface area contributed by atoms with Crippen LogP contribution < -0.4 is 10.5 Å². The molecule has 0 spiro atoms. The lowest BCUT2D eigenvalue weighted by Crippen LogP contribution is -2.01. The van der Waals surface area contributed by atoms with Crippen LogP contribution in [0.5, 0.6) is 11.5 Å². The van der Waals surface area contributed by atoms with E-state index in [4.69, 9.17) is 10.5 Å². The molecule has 4 heteroatoms. The lowest BCUT2D eigenvalue weighted by molar-refractivity contribution is 0.109. The van der Waals surface area contributed by atoms with Crippen molar-refractivity contribution in [3.63, 3.8) is 0 Å². The van der Waals surface area contributed by atoms with Crippen LogP contribution in [0.4, 0.5) is 5.69 Å². The van der Waals surface area contributed by atoms with E-state index >= 15 is 0 Å². The summed E-state index contributed by atoms with van der Waals surface area (Å²) in [5, 5.41) is -0.291. The Hall–Kier alpha value is -1.94. The van der Waals surface area contributed by atoms with Gasteiger partial charge in [0.15, 0.2) is 5.75 Å². The fourth-order valence-corrected chi connectivity index (χ4v) is 2.15. The van der Waals surface area contributed by atoms with Gasteiger partial charge in [-0.05, 0) is 36.2 Å². The summed E-state index contributed by atoms with van der Waals surface area (Å²) in [7, 11) is 0. The summed E-state index contributed by atoms with van der Waals surface area (Å²) < 4.78 is 5.87. The van der Waals surface area contributed by atoms with Crippen molar-refractivity contribution >= 4 is 23.4 Å². The molecule has 0 unspecified atom stereocenters. The van der Waals surface area contributed by atoms with E-state index in [1.807, 2.05) is 30.3 Å². The molecule has 0 saturated carbocycles. The molecule has 0 aliphatic heterocycles. The number of ether oxygens (including phenoxy) is 1. The average Bonchev–Trinajstić information content (AvgIpc) is 2.43. The zero-order valence-electron chi connectivity index (χ0n) is 11.3. The van der Waals surface area contributed by atoms with Crippen molar-refractivity contribution in [3.05, 3.63) is 53.6 Å². The van der Waals surface area contributed by atoms with Gasteiger partial charge in [0.25, 0.3) is 0 Å². The maximum Gasteiger partial charge on any atom is 0.216 e. The highest BCUT2D eigenvalue weighted by atomic mass is 32.1. The Kier molecular flexibility index (Phi) is 4.69. The maximum atomic E-state index is 11.4. The normalized spacial score (nSPS) is 10.3. The van der Waals surface area contributed by atoms with Crippen LogP contribution in [0.3, 0.4) is 0 Å². The molecule has 0 bridgehead atoms. The van der Waals surface area contributed by atoms with Gasteiger partial charge >= 0.3 is 0 Å². The topological polar surface area (TPSA) is 52.3 Å². The van der Waals surface area contributed by atoms with Crippen molar-refractivity contribution in [3.8, 4) is 11.5 Å². The number of hydrogen-bond acceptors (Lipinski definition) is 3. The third-order valence-electron chi connectivity index (χ3n) is 2.92. The number of thiol groups is 1. The molecule has 0 fully saturated rings. The van der Waals surface area contributed by atoms with Crippen molar-refractivity contribution in [2.24, 2.45) is 0 Å². The zero-order chi connectivity index (χ0) is 14.5. The minimum atomic E-state index is -0.291. The fraction of sp³-hybridized carbons (Fsp3) is 0.188. The highest BCUT2D eigenvalue weighted by Gasteiger charge is 2.13. The van der Waals surface area contributed by atoms with Gasteiger partial charge in [0, 0.05) is 5.56 Å². The Morgan fingerprint density at radius 3 is 2.55 bits per heavy atom. The second kappa shape index (κ2) is 6.48. The summed E-state index contributed by atoms with van der Waals surface area (Å²) in [6.45, 7) is 2.07. The molecule has 0 amide bonds. The van der Waals surface area contributed by atoms with Gasteiger partial charge in [-0.3, -0.25) is 4.79 Å². The molecule has 3 nitrogen and oxygen atoms in total. The lowest BCUT2D eigenvalue weighted by atomic mass is 10.0. The Labute approximate surface area is 124 Å². The number of carbonyl (C=O) groups excluding carboxylic acids is 1. The van der Waals surface area contributed by atoms with Gasteiger partial charge in [0.2, 0.25) is 5.12 Å². The molecule has 104 valence electrons. The van der Waals surface area contributed by atoms with Crippen LogP contribution in [0.15, 0.2) is 42.5 Å². The van der Waals surface area contributed by atoms with E-state index in [9.17, 15) is 4.79 Å². The molecule has 0 aliphatic carbocycles. The van der Waals surface area contributed by atoms with E-state index in [1.54, 1.807) is 12.1 Å². The summed E-state index contributed by atoms with van der Waals surface area (Å²) >= 11 is 3.85. The first-order valence-corrected chi connectivity index (χ1v) is 6.95. The second-order valence-electron chi connectivity index (χ2n) is 4.52. The van der Waals surface area contributed by atoms with Crippen molar-refractivity contribution in [2.45, 2.75) is 19.8 Å². The van der Waals surface area contributed by atoms with Gasteiger partial charge < -0.3 is 10.5 Å². The highest BCUT2D eigenvalue weighted by molar-refractivity contribution is 7.97. The fourth-order valence-electron chi connectivity index (χ4n) is 2.02. The minimum absolute atomic E-state index is 0.291. The van der Waals surface area contributed by atoms with Crippen LogP contribution in [-0.4, -0.2) is 5.12 Å². The van der Waals surface area contributed by atoms with E-state index in [0.717, 1.165) is 24.2 Å². The van der Waals surface area contributed by atoms with E-state index in [0.29, 0.717) is 17.0 Å². The number of hydrogen-bond donors (Lipinski definition) is 2. The molecular weight excluding hydrogens is 270 g/mol. The van der Waals surface area contributed by atoms with Gasteiger partial charge in [-0.1, -0.05) is 31.5 Å². The first-order valence-electron chi connectivity index (χ1n) is 6.50. The quantitative estimate of drug-likeness (QED) is 0.643. The Morgan fingerprint density at radius 1 is 1.25 bits per heavy atom.